The molecule has 0 bridgehead atoms. The number of carbonyl (C=O) groups is 1. The van der Waals surface area contributed by atoms with Gasteiger partial charge in [-0.25, -0.2) is 0 Å². The van der Waals surface area contributed by atoms with Crippen molar-refractivity contribution in [3.05, 3.63) is 12.7 Å². The van der Waals surface area contributed by atoms with Gasteiger partial charge in [-0.05, 0) is 91.8 Å². The fraction of sp³-hybridized carbons (Fsp3) is 0.870. The summed E-state index contributed by atoms with van der Waals surface area (Å²) in [5, 5.41) is 9.69. The number of carboxylic acid groups (broad SMARTS) is 1. The topological polar surface area (TPSA) is 37.3 Å². The van der Waals surface area contributed by atoms with Gasteiger partial charge in [0.1, 0.15) is 0 Å². The minimum Gasteiger partial charge on any atom is -0.481 e. The lowest BCUT2D eigenvalue weighted by Gasteiger charge is -2.60. The van der Waals surface area contributed by atoms with Crippen molar-refractivity contribution in [3.63, 3.8) is 0 Å². The Labute approximate surface area is 153 Å². The second kappa shape index (κ2) is 6.13. The summed E-state index contributed by atoms with van der Waals surface area (Å²) in [6, 6.07) is 0. The van der Waals surface area contributed by atoms with E-state index in [0.717, 1.165) is 30.1 Å². The maximum Gasteiger partial charge on any atom is 0.310 e. The number of fused-ring (bicyclic) bond motifs is 5. The van der Waals surface area contributed by atoms with Crippen LogP contribution >= 0.6 is 0 Å². The fourth-order valence-electron chi connectivity index (χ4n) is 8.36. The predicted molar refractivity (Wildman–Crippen MR) is 101 cm³/mol. The highest BCUT2D eigenvalue weighted by atomic mass is 16.4. The first kappa shape index (κ1) is 17.6. The lowest BCUT2D eigenvalue weighted by atomic mass is 9.44. The summed E-state index contributed by atoms with van der Waals surface area (Å²) < 4.78 is 0. The first-order valence-corrected chi connectivity index (χ1v) is 10.8. The molecule has 1 N–H and O–H groups in total. The summed E-state index contributed by atoms with van der Waals surface area (Å²) in [6.45, 7) is 8.91. The van der Waals surface area contributed by atoms with Gasteiger partial charge in [0, 0.05) is 0 Å². The van der Waals surface area contributed by atoms with Crippen LogP contribution in [0.3, 0.4) is 0 Å². The molecule has 4 saturated carbocycles. The maximum atomic E-state index is 11.8. The molecule has 0 radical (unpaired) electrons. The molecule has 0 heterocycles. The van der Waals surface area contributed by atoms with Crippen LogP contribution in [0.1, 0.15) is 78.1 Å². The summed E-state index contributed by atoms with van der Waals surface area (Å²) in [5.74, 6) is 2.74. The predicted octanol–water partition coefficient (Wildman–Crippen LogP) is 5.92. The molecule has 3 unspecified atom stereocenters. The van der Waals surface area contributed by atoms with E-state index in [-0.39, 0.29) is 11.3 Å². The highest BCUT2D eigenvalue weighted by Crippen LogP contribution is 2.68. The molecule has 0 aromatic heterocycles. The molecule has 8 atom stereocenters. The number of hydrogen-bond donors (Lipinski definition) is 1. The Morgan fingerprint density at radius 2 is 1.76 bits per heavy atom. The zero-order valence-corrected chi connectivity index (χ0v) is 16.2. The fourth-order valence-corrected chi connectivity index (χ4v) is 8.36. The highest BCUT2D eigenvalue weighted by molar-refractivity contribution is 5.72. The van der Waals surface area contributed by atoms with Crippen molar-refractivity contribution in [1.29, 1.82) is 0 Å². The van der Waals surface area contributed by atoms with Crippen LogP contribution in [0, 0.1) is 46.3 Å². The average molecular weight is 345 g/mol. The van der Waals surface area contributed by atoms with Gasteiger partial charge in [-0.15, -0.1) is 6.58 Å². The lowest BCUT2D eigenvalue weighted by molar-refractivity contribution is -0.146. The van der Waals surface area contributed by atoms with Gasteiger partial charge < -0.3 is 5.11 Å². The van der Waals surface area contributed by atoms with E-state index in [1.54, 1.807) is 6.08 Å². The minimum absolute atomic E-state index is 0.219. The molecule has 4 rings (SSSR count). The van der Waals surface area contributed by atoms with Crippen LogP contribution in [-0.2, 0) is 4.79 Å². The van der Waals surface area contributed by atoms with Gasteiger partial charge in [0.2, 0.25) is 0 Å². The van der Waals surface area contributed by atoms with Gasteiger partial charge in [0.15, 0.2) is 0 Å². The molecule has 0 aromatic carbocycles. The Balaban J connectivity index is 1.61. The lowest BCUT2D eigenvalue weighted by Crippen LogP contribution is -2.53. The molecule has 25 heavy (non-hydrogen) atoms. The van der Waals surface area contributed by atoms with Gasteiger partial charge in [-0.3, -0.25) is 4.79 Å². The van der Waals surface area contributed by atoms with E-state index in [0.29, 0.717) is 11.3 Å². The van der Waals surface area contributed by atoms with E-state index in [1.165, 1.54) is 57.8 Å². The van der Waals surface area contributed by atoms with Crippen LogP contribution in [0.5, 0.6) is 0 Å². The Kier molecular flexibility index (Phi) is 4.32. The Hall–Kier alpha value is -0.790. The van der Waals surface area contributed by atoms with E-state index < -0.39 is 5.97 Å². The number of aliphatic carboxylic acids is 1. The van der Waals surface area contributed by atoms with Crippen molar-refractivity contribution in [2.45, 2.75) is 78.1 Å². The van der Waals surface area contributed by atoms with E-state index in [2.05, 4.69) is 20.4 Å². The standard InChI is InChI=1S/C23H36O2/c1-4-16(21(24)25)18-10-11-19-17-9-8-15-7-5-6-13-22(15,2)20(17)12-14-23(18,19)3/h4,15-20H,1,5-14H2,2-3H3,(H,24,25)/t15?,16?,17-,18?,19-,20-,22-,23+/m0/s1. The van der Waals surface area contributed by atoms with E-state index in [9.17, 15) is 9.90 Å². The molecular weight excluding hydrogens is 308 g/mol. The molecule has 0 saturated heterocycles. The molecule has 140 valence electrons. The van der Waals surface area contributed by atoms with Crippen molar-refractivity contribution >= 4 is 5.97 Å². The molecule has 0 aliphatic heterocycles. The van der Waals surface area contributed by atoms with Crippen LogP contribution in [0.15, 0.2) is 12.7 Å². The molecule has 0 aromatic rings. The molecule has 0 spiro atoms. The quantitative estimate of drug-likeness (QED) is 0.645. The van der Waals surface area contributed by atoms with Crippen LogP contribution < -0.4 is 0 Å². The molecule has 0 amide bonds. The maximum absolute atomic E-state index is 11.8. The van der Waals surface area contributed by atoms with Gasteiger partial charge in [0.05, 0.1) is 5.92 Å². The van der Waals surface area contributed by atoms with Crippen LogP contribution in [-0.4, -0.2) is 11.1 Å². The van der Waals surface area contributed by atoms with Gasteiger partial charge in [-0.1, -0.05) is 32.8 Å². The Morgan fingerprint density at radius 3 is 2.48 bits per heavy atom. The average Bonchev–Trinajstić information content (AvgIpc) is 2.92. The number of rotatable bonds is 3. The van der Waals surface area contributed by atoms with Crippen molar-refractivity contribution in [3.8, 4) is 0 Å². The van der Waals surface area contributed by atoms with E-state index >= 15 is 0 Å². The summed E-state index contributed by atoms with van der Waals surface area (Å²) in [5.41, 5.74) is 0.793. The first-order chi connectivity index (χ1) is 11.9. The number of carboxylic acids is 1. The van der Waals surface area contributed by atoms with Crippen molar-refractivity contribution in [2.24, 2.45) is 46.3 Å². The number of hydrogen-bond acceptors (Lipinski definition) is 1. The van der Waals surface area contributed by atoms with Crippen LogP contribution in [0.25, 0.3) is 0 Å². The molecule has 2 nitrogen and oxygen atoms in total. The molecule has 4 aliphatic rings. The summed E-state index contributed by atoms with van der Waals surface area (Å²) in [6.07, 6.45) is 15.2. The SMILES string of the molecule is C=CC(C(=O)O)C1CC[C@H]2[C@@H]3CCC4CCCC[C@]4(C)[C@H]3CC[C@]12C. The second-order valence-electron chi connectivity index (χ2n) is 10.2. The van der Waals surface area contributed by atoms with Gasteiger partial charge >= 0.3 is 5.97 Å². The molecule has 2 heteroatoms. The summed E-state index contributed by atoms with van der Waals surface area (Å²) in [4.78, 5) is 11.8. The normalized spacial score (nSPS) is 50.2. The minimum atomic E-state index is -0.660. The van der Waals surface area contributed by atoms with E-state index in [4.69, 9.17) is 0 Å². The Bertz CT molecular complexity index is 554. The molecule has 4 aliphatic carbocycles. The van der Waals surface area contributed by atoms with Crippen molar-refractivity contribution in [1.82, 2.24) is 0 Å². The highest BCUT2D eigenvalue weighted by Gasteiger charge is 2.60. The van der Waals surface area contributed by atoms with Gasteiger partial charge in [0.25, 0.3) is 0 Å². The second-order valence-corrected chi connectivity index (χ2v) is 10.2. The summed E-state index contributed by atoms with van der Waals surface area (Å²) in [7, 11) is 0. The van der Waals surface area contributed by atoms with Crippen LogP contribution in [0.4, 0.5) is 0 Å². The largest absolute Gasteiger partial charge is 0.481 e. The zero-order chi connectivity index (χ0) is 17.8. The molecule has 4 fully saturated rings. The monoisotopic (exact) mass is 344 g/mol. The Morgan fingerprint density at radius 1 is 1.00 bits per heavy atom. The van der Waals surface area contributed by atoms with E-state index in [1.807, 2.05) is 0 Å². The molecular formula is C23H36O2. The third-order valence-electron chi connectivity index (χ3n) is 9.63. The van der Waals surface area contributed by atoms with Crippen molar-refractivity contribution < 1.29 is 9.90 Å². The van der Waals surface area contributed by atoms with Crippen molar-refractivity contribution in [2.75, 3.05) is 0 Å². The first-order valence-electron chi connectivity index (χ1n) is 10.8. The van der Waals surface area contributed by atoms with Gasteiger partial charge in [-0.2, -0.15) is 0 Å². The smallest absolute Gasteiger partial charge is 0.310 e. The zero-order valence-electron chi connectivity index (χ0n) is 16.2. The summed E-state index contributed by atoms with van der Waals surface area (Å²) >= 11 is 0. The third kappa shape index (κ3) is 2.46. The van der Waals surface area contributed by atoms with Crippen LogP contribution in [0.2, 0.25) is 0 Å². The third-order valence-corrected chi connectivity index (χ3v) is 9.63.